The molecule has 3 rings (SSSR count). The molecule has 1 fully saturated rings. The van der Waals surface area contributed by atoms with Crippen LogP contribution in [0, 0.1) is 5.82 Å². The zero-order chi connectivity index (χ0) is 20.3. The predicted molar refractivity (Wildman–Crippen MR) is 101 cm³/mol. The van der Waals surface area contributed by atoms with E-state index in [0.717, 1.165) is 0 Å². The monoisotopic (exact) mass is 382 g/mol. The van der Waals surface area contributed by atoms with Gasteiger partial charge in [0, 0.05) is 25.6 Å². The van der Waals surface area contributed by atoms with Crippen molar-refractivity contribution < 1.29 is 23.9 Å². The maximum Gasteiger partial charge on any atom is 0.295 e. The third-order valence-corrected chi connectivity index (χ3v) is 4.50. The number of hydrogen-bond acceptors (Lipinski definition) is 4. The summed E-state index contributed by atoms with van der Waals surface area (Å²) in [7, 11) is 0. The molecule has 2 aromatic rings. The molecule has 1 atom stereocenters. The van der Waals surface area contributed by atoms with Gasteiger partial charge in [0.25, 0.3) is 11.7 Å². The van der Waals surface area contributed by atoms with E-state index >= 15 is 0 Å². The average molecular weight is 382 g/mol. The van der Waals surface area contributed by atoms with Crippen molar-refractivity contribution in [3.8, 4) is 0 Å². The topological polar surface area (TPSA) is 86.7 Å². The molecule has 1 aliphatic heterocycles. The fraction of sp³-hybridized carbons (Fsp3) is 0.190. The van der Waals surface area contributed by atoms with Gasteiger partial charge in [0.1, 0.15) is 11.6 Å². The molecular weight excluding hydrogens is 363 g/mol. The van der Waals surface area contributed by atoms with E-state index in [1.807, 2.05) is 0 Å². The Balaban J connectivity index is 2.08. The number of aliphatic hydroxyl groups excluding tert-OH is 1. The largest absolute Gasteiger partial charge is 0.507 e. The van der Waals surface area contributed by atoms with Gasteiger partial charge in [-0.25, -0.2) is 4.39 Å². The molecule has 7 heteroatoms. The van der Waals surface area contributed by atoms with E-state index in [0.29, 0.717) is 11.1 Å². The highest BCUT2D eigenvalue weighted by Gasteiger charge is 2.45. The first-order valence-corrected chi connectivity index (χ1v) is 8.74. The van der Waals surface area contributed by atoms with Crippen LogP contribution in [0.15, 0.2) is 60.2 Å². The van der Waals surface area contributed by atoms with Crippen molar-refractivity contribution in [2.45, 2.75) is 13.0 Å². The van der Waals surface area contributed by atoms with Crippen LogP contribution in [0.5, 0.6) is 0 Å². The van der Waals surface area contributed by atoms with Crippen LogP contribution in [0.3, 0.4) is 0 Å². The van der Waals surface area contributed by atoms with Crippen molar-refractivity contribution in [3.05, 3.63) is 77.1 Å². The smallest absolute Gasteiger partial charge is 0.295 e. The number of nitrogens with one attached hydrogen (secondary N) is 1. The summed E-state index contributed by atoms with van der Waals surface area (Å²) in [5.74, 6) is -2.62. The Labute approximate surface area is 161 Å². The van der Waals surface area contributed by atoms with E-state index in [9.17, 15) is 23.9 Å². The highest BCUT2D eigenvalue weighted by atomic mass is 19.1. The minimum Gasteiger partial charge on any atom is -0.507 e. The van der Waals surface area contributed by atoms with E-state index in [1.165, 1.54) is 36.1 Å². The molecule has 2 amide bonds. The van der Waals surface area contributed by atoms with Crippen LogP contribution in [0.25, 0.3) is 5.76 Å². The summed E-state index contributed by atoms with van der Waals surface area (Å²) in [5.41, 5.74) is 0.820. The number of ketones is 1. The molecular formula is C21H19FN2O4. The molecule has 1 heterocycles. The number of likely N-dealkylation sites (tertiary alicyclic amines) is 1. The quantitative estimate of drug-likeness (QED) is 0.472. The molecule has 2 aromatic carbocycles. The number of amides is 2. The van der Waals surface area contributed by atoms with E-state index in [-0.39, 0.29) is 30.3 Å². The Hall–Kier alpha value is -3.48. The maximum absolute atomic E-state index is 13.4. The summed E-state index contributed by atoms with van der Waals surface area (Å²) in [6.45, 7) is 1.56. The SMILES string of the molecule is CC(=O)NCCN1C(=O)C(=O)C(=C(O)c2ccccc2)[C@@H]1c1ccc(F)cc1. The number of rotatable bonds is 5. The Kier molecular flexibility index (Phi) is 5.54. The zero-order valence-corrected chi connectivity index (χ0v) is 15.2. The van der Waals surface area contributed by atoms with Crippen LogP contribution in [-0.2, 0) is 14.4 Å². The molecule has 28 heavy (non-hydrogen) atoms. The van der Waals surface area contributed by atoms with Gasteiger partial charge >= 0.3 is 0 Å². The lowest BCUT2D eigenvalue weighted by atomic mass is 9.95. The number of aliphatic hydroxyl groups is 1. The highest BCUT2D eigenvalue weighted by Crippen LogP contribution is 2.39. The summed E-state index contributed by atoms with van der Waals surface area (Å²) in [4.78, 5) is 37.7. The predicted octanol–water partition coefficient (Wildman–Crippen LogP) is 2.38. The van der Waals surface area contributed by atoms with E-state index < -0.39 is 23.5 Å². The van der Waals surface area contributed by atoms with Crippen LogP contribution in [0.2, 0.25) is 0 Å². The van der Waals surface area contributed by atoms with Gasteiger partial charge in [-0.2, -0.15) is 0 Å². The Morgan fingerprint density at radius 3 is 2.36 bits per heavy atom. The molecule has 0 radical (unpaired) electrons. The lowest BCUT2D eigenvalue weighted by molar-refractivity contribution is -0.139. The second-order valence-corrected chi connectivity index (χ2v) is 6.39. The Morgan fingerprint density at radius 1 is 1.11 bits per heavy atom. The fourth-order valence-electron chi connectivity index (χ4n) is 3.21. The summed E-state index contributed by atoms with van der Waals surface area (Å²) in [6.07, 6.45) is 0. The molecule has 0 aromatic heterocycles. The molecule has 6 nitrogen and oxygen atoms in total. The first kappa shape index (κ1) is 19.3. The van der Waals surface area contributed by atoms with E-state index in [1.54, 1.807) is 30.3 Å². The summed E-state index contributed by atoms with van der Waals surface area (Å²) in [5, 5.41) is 13.3. The molecule has 0 unspecified atom stereocenters. The Morgan fingerprint density at radius 2 is 1.75 bits per heavy atom. The lowest BCUT2D eigenvalue weighted by Crippen LogP contribution is -2.37. The minimum absolute atomic E-state index is 0.0642. The molecule has 0 bridgehead atoms. The zero-order valence-electron chi connectivity index (χ0n) is 15.2. The second-order valence-electron chi connectivity index (χ2n) is 6.39. The van der Waals surface area contributed by atoms with Crippen LogP contribution in [-0.4, -0.2) is 40.7 Å². The van der Waals surface area contributed by atoms with Crippen LogP contribution >= 0.6 is 0 Å². The van der Waals surface area contributed by atoms with Gasteiger partial charge in [0.05, 0.1) is 11.6 Å². The lowest BCUT2D eigenvalue weighted by Gasteiger charge is -2.25. The van der Waals surface area contributed by atoms with Crippen molar-refractivity contribution in [2.24, 2.45) is 0 Å². The number of nitrogens with zero attached hydrogens (tertiary/aromatic N) is 1. The molecule has 0 aliphatic carbocycles. The van der Waals surface area contributed by atoms with Crippen molar-refractivity contribution in [3.63, 3.8) is 0 Å². The number of halogens is 1. The summed E-state index contributed by atoms with van der Waals surface area (Å²) >= 11 is 0. The van der Waals surface area contributed by atoms with Gasteiger partial charge in [-0.1, -0.05) is 42.5 Å². The third-order valence-electron chi connectivity index (χ3n) is 4.50. The average Bonchev–Trinajstić information content (AvgIpc) is 2.93. The molecule has 0 saturated carbocycles. The molecule has 1 saturated heterocycles. The number of benzene rings is 2. The van der Waals surface area contributed by atoms with Crippen LogP contribution in [0.4, 0.5) is 4.39 Å². The Bertz CT molecular complexity index is 939. The number of carbonyl (C=O) groups is 3. The van der Waals surface area contributed by atoms with Gasteiger partial charge < -0.3 is 15.3 Å². The molecule has 2 N–H and O–H groups in total. The number of hydrogen-bond donors (Lipinski definition) is 2. The van der Waals surface area contributed by atoms with Crippen LogP contribution in [0.1, 0.15) is 24.1 Å². The van der Waals surface area contributed by atoms with Gasteiger partial charge in [-0.3, -0.25) is 14.4 Å². The first-order valence-electron chi connectivity index (χ1n) is 8.74. The van der Waals surface area contributed by atoms with Gasteiger partial charge in [0.15, 0.2) is 0 Å². The van der Waals surface area contributed by atoms with Crippen molar-refractivity contribution in [2.75, 3.05) is 13.1 Å². The summed E-state index contributed by atoms with van der Waals surface area (Å²) < 4.78 is 13.4. The highest BCUT2D eigenvalue weighted by molar-refractivity contribution is 6.46. The maximum atomic E-state index is 13.4. The van der Waals surface area contributed by atoms with Gasteiger partial charge in [-0.05, 0) is 17.7 Å². The minimum atomic E-state index is -0.880. The van der Waals surface area contributed by atoms with Crippen molar-refractivity contribution in [1.82, 2.24) is 10.2 Å². The van der Waals surface area contributed by atoms with E-state index in [2.05, 4.69) is 5.32 Å². The molecule has 1 aliphatic rings. The van der Waals surface area contributed by atoms with Crippen molar-refractivity contribution in [1.29, 1.82) is 0 Å². The number of Topliss-reactive ketones (excluding diaryl/α,β-unsaturated/α-hetero) is 1. The third kappa shape index (κ3) is 3.78. The van der Waals surface area contributed by atoms with Crippen molar-refractivity contribution >= 4 is 23.4 Å². The standard InChI is InChI=1S/C21H19FN2O4/c1-13(25)23-11-12-24-18(14-7-9-16(22)10-8-14)17(20(27)21(24)28)19(26)15-5-3-2-4-6-15/h2-10,18,26H,11-12H2,1H3,(H,23,25)/t18-/m0/s1. The van der Waals surface area contributed by atoms with Gasteiger partial charge in [0.2, 0.25) is 5.91 Å². The first-order chi connectivity index (χ1) is 13.4. The number of carbonyl (C=O) groups excluding carboxylic acids is 3. The molecule has 0 spiro atoms. The summed E-state index contributed by atoms with van der Waals surface area (Å²) in [6, 6.07) is 12.9. The van der Waals surface area contributed by atoms with Crippen LogP contribution < -0.4 is 5.32 Å². The normalized spacial score (nSPS) is 18.4. The molecule has 144 valence electrons. The van der Waals surface area contributed by atoms with Gasteiger partial charge in [-0.15, -0.1) is 0 Å². The van der Waals surface area contributed by atoms with E-state index in [4.69, 9.17) is 0 Å². The fourth-order valence-corrected chi connectivity index (χ4v) is 3.21. The second kappa shape index (κ2) is 8.04.